The van der Waals surface area contributed by atoms with Gasteiger partial charge in [0.2, 0.25) is 0 Å². The lowest BCUT2D eigenvalue weighted by Crippen LogP contribution is -2.21. The predicted molar refractivity (Wildman–Crippen MR) is 141 cm³/mol. The van der Waals surface area contributed by atoms with Gasteiger partial charge in [0.05, 0.1) is 11.4 Å². The standard InChI is InChI=1S/2C15H17NO/c2*1-15(2,3)12-8-4-5-9-13(12)16-11-7-6-10-14(16)17/h2*4-11H,1-3H3. The van der Waals surface area contributed by atoms with Crippen molar-refractivity contribution < 1.29 is 0 Å². The van der Waals surface area contributed by atoms with Crippen molar-refractivity contribution in [3.05, 3.63) is 129 Å². The Labute approximate surface area is 202 Å². The van der Waals surface area contributed by atoms with E-state index in [2.05, 4.69) is 53.7 Å². The van der Waals surface area contributed by atoms with E-state index >= 15 is 0 Å². The highest BCUT2D eigenvalue weighted by Gasteiger charge is 2.19. The van der Waals surface area contributed by atoms with Gasteiger partial charge in [0.1, 0.15) is 0 Å². The van der Waals surface area contributed by atoms with Gasteiger partial charge in [-0.3, -0.25) is 18.7 Å². The Morgan fingerprint density at radius 3 is 1.12 bits per heavy atom. The van der Waals surface area contributed by atoms with Crippen LogP contribution in [0, 0.1) is 0 Å². The number of pyridine rings is 2. The molecule has 0 fully saturated rings. The van der Waals surface area contributed by atoms with Crippen LogP contribution >= 0.6 is 0 Å². The minimum absolute atomic E-state index is 0.00389. The molecule has 0 spiro atoms. The van der Waals surface area contributed by atoms with Crippen LogP contribution in [0.15, 0.2) is 107 Å². The Morgan fingerprint density at radius 2 is 0.794 bits per heavy atom. The second-order valence-electron chi connectivity index (χ2n) is 10.4. The fraction of sp³-hybridized carbons (Fsp3) is 0.267. The first kappa shape index (κ1) is 25.0. The number of benzene rings is 2. The van der Waals surface area contributed by atoms with Gasteiger partial charge in [-0.05, 0) is 46.2 Å². The zero-order valence-electron chi connectivity index (χ0n) is 20.9. The number of aromatic nitrogens is 2. The molecule has 0 saturated carbocycles. The summed E-state index contributed by atoms with van der Waals surface area (Å²) >= 11 is 0. The van der Waals surface area contributed by atoms with E-state index in [0.717, 1.165) is 11.4 Å². The largest absolute Gasteiger partial charge is 0.284 e. The summed E-state index contributed by atoms with van der Waals surface area (Å²) in [5, 5.41) is 0. The number of para-hydroxylation sites is 2. The minimum Gasteiger partial charge on any atom is -0.284 e. The van der Waals surface area contributed by atoms with Crippen molar-refractivity contribution in [2.45, 2.75) is 52.4 Å². The molecule has 34 heavy (non-hydrogen) atoms. The molecule has 2 heterocycles. The smallest absolute Gasteiger partial charge is 0.255 e. The van der Waals surface area contributed by atoms with Crippen LogP contribution in [0.25, 0.3) is 11.4 Å². The molecule has 0 atom stereocenters. The van der Waals surface area contributed by atoms with E-state index in [-0.39, 0.29) is 21.9 Å². The molecule has 4 heteroatoms. The first-order chi connectivity index (χ1) is 16.0. The summed E-state index contributed by atoms with van der Waals surface area (Å²) in [6.45, 7) is 12.9. The number of hydrogen-bond acceptors (Lipinski definition) is 2. The quantitative estimate of drug-likeness (QED) is 0.358. The molecule has 0 aliphatic carbocycles. The average molecular weight is 455 g/mol. The predicted octanol–water partition coefficient (Wildman–Crippen LogP) is 6.27. The minimum atomic E-state index is 0.00389. The van der Waals surface area contributed by atoms with Gasteiger partial charge in [-0.1, -0.05) is 90.1 Å². The summed E-state index contributed by atoms with van der Waals surface area (Å²) in [6.07, 6.45) is 3.62. The van der Waals surface area contributed by atoms with Crippen molar-refractivity contribution in [2.75, 3.05) is 0 Å². The van der Waals surface area contributed by atoms with E-state index in [1.54, 1.807) is 33.4 Å². The van der Waals surface area contributed by atoms with E-state index in [9.17, 15) is 9.59 Å². The lowest BCUT2D eigenvalue weighted by Gasteiger charge is -2.23. The maximum absolute atomic E-state index is 11.9. The lowest BCUT2D eigenvalue weighted by atomic mass is 9.85. The van der Waals surface area contributed by atoms with Gasteiger partial charge in [-0.25, -0.2) is 0 Å². The number of hydrogen-bond donors (Lipinski definition) is 0. The molecule has 0 saturated heterocycles. The second-order valence-corrected chi connectivity index (χ2v) is 10.4. The topological polar surface area (TPSA) is 44.0 Å². The average Bonchev–Trinajstić information content (AvgIpc) is 2.79. The van der Waals surface area contributed by atoms with Gasteiger partial charge < -0.3 is 0 Å². The lowest BCUT2D eigenvalue weighted by molar-refractivity contribution is 0.585. The van der Waals surface area contributed by atoms with Gasteiger partial charge in [-0.15, -0.1) is 0 Å². The van der Waals surface area contributed by atoms with Gasteiger partial charge in [0.15, 0.2) is 0 Å². The zero-order chi connectivity index (χ0) is 24.9. The molecular weight excluding hydrogens is 420 g/mol. The van der Waals surface area contributed by atoms with Gasteiger partial charge in [0.25, 0.3) is 11.1 Å². The zero-order valence-corrected chi connectivity index (χ0v) is 20.9. The van der Waals surface area contributed by atoms with Crippen LogP contribution in [0.3, 0.4) is 0 Å². The Kier molecular flexibility index (Phi) is 7.41. The first-order valence-electron chi connectivity index (χ1n) is 11.6. The van der Waals surface area contributed by atoms with E-state index in [1.807, 2.05) is 60.9 Å². The van der Waals surface area contributed by atoms with Crippen LogP contribution in [-0.2, 0) is 10.8 Å². The SMILES string of the molecule is CC(C)(C)c1ccccc1-n1ccccc1=O.CC(C)(C)c1ccccc1-n1ccccc1=O. The van der Waals surface area contributed by atoms with E-state index in [1.165, 1.54) is 11.1 Å². The van der Waals surface area contributed by atoms with Crippen molar-refractivity contribution in [1.29, 1.82) is 0 Å². The molecule has 0 N–H and O–H groups in total. The molecule has 4 aromatic rings. The van der Waals surface area contributed by atoms with Crippen LogP contribution < -0.4 is 11.1 Å². The maximum atomic E-state index is 11.9. The van der Waals surface area contributed by atoms with Crippen LogP contribution in [0.4, 0.5) is 0 Å². The highest BCUT2D eigenvalue weighted by molar-refractivity contribution is 5.46. The molecule has 4 nitrogen and oxygen atoms in total. The second kappa shape index (κ2) is 10.1. The first-order valence-corrected chi connectivity index (χ1v) is 11.6. The molecule has 2 aromatic carbocycles. The fourth-order valence-electron chi connectivity index (χ4n) is 3.89. The molecule has 0 unspecified atom stereocenters. The summed E-state index contributed by atoms with van der Waals surface area (Å²) in [5.41, 5.74) is 4.32. The summed E-state index contributed by atoms with van der Waals surface area (Å²) in [4.78, 5) is 23.7. The van der Waals surface area contributed by atoms with Gasteiger partial charge in [-0.2, -0.15) is 0 Å². The summed E-state index contributed by atoms with van der Waals surface area (Å²) in [6, 6.07) is 26.5. The molecule has 176 valence electrons. The highest BCUT2D eigenvalue weighted by atomic mass is 16.1. The number of nitrogens with zero attached hydrogens (tertiary/aromatic N) is 2. The third kappa shape index (κ3) is 5.82. The van der Waals surface area contributed by atoms with Crippen LogP contribution in [0.5, 0.6) is 0 Å². The number of rotatable bonds is 2. The Balaban J connectivity index is 0.000000191. The molecule has 0 aliphatic heterocycles. The fourth-order valence-corrected chi connectivity index (χ4v) is 3.89. The molecule has 4 rings (SSSR count). The van der Waals surface area contributed by atoms with Crippen molar-refractivity contribution in [3.63, 3.8) is 0 Å². The summed E-state index contributed by atoms with van der Waals surface area (Å²) in [5.74, 6) is 0. The van der Waals surface area contributed by atoms with Crippen molar-refractivity contribution in [2.24, 2.45) is 0 Å². The molecule has 0 bridgehead atoms. The molecule has 0 aliphatic rings. The van der Waals surface area contributed by atoms with Crippen LogP contribution in [0.1, 0.15) is 52.7 Å². The normalized spacial score (nSPS) is 11.5. The molecule has 2 aromatic heterocycles. The van der Waals surface area contributed by atoms with Crippen molar-refractivity contribution >= 4 is 0 Å². The van der Waals surface area contributed by atoms with Gasteiger partial charge in [0, 0.05) is 24.5 Å². The highest BCUT2D eigenvalue weighted by Crippen LogP contribution is 2.28. The molecule has 0 radical (unpaired) electrons. The Hall–Kier alpha value is -3.66. The third-order valence-electron chi connectivity index (χ3n) is 5.59. The summed E-state index contributed by atoms with van der Waals surface area (Å²) < 4.78 is 3.39. The van der Waals surface area contributed by atoms with Crippen LogP contribution in [0.2, 0.25) is 0 Å². The Bertz CT molecular complexity index is 1260. The monoisotopic (exact) mass is 454 g/mol. The molecule has 0 amide bonds. The third-order valence-corrected chi connectivity index (χ3v) is 5.59. The summed E-state index contributed by atoms with van der Waals surface area (Å²) in [7, 11) is 0. The van der Waals surface area contributed by atoms with E-state index in [0.29, 0.717) is 0 Å². The molecular formula is C30H34N2O2. The van der Waals surface area contributed by atoms with Crippen molar-refractivity contribution in [1.82, 2.24) is 9.13 Å². The van der Waals surface area contributed by atoms with Gasteiger partial charge >= 0.3 is 0 Å². The van der Waals surface area contributed by atoms with E-state index < -0.39 is 0 Å². The van der Waals surface area contributed by atoms with Crippen molar-refractivity contribution in [3.8, 4) is 11.4 Å². The Morgan fingerprint density at radius 1 is 0.471 bits per heavy atom. The maximum Gasteiger partial charge on any atom is 0.255 e. The van der Waals surface area contributed by atoms with E-state index in [4.69, 9.17) is 0 Å². The van der Waals surface area contributed by atoms with Crippen LogP contribution in [-0.4, -0.2) is 9.13 Å².